The average Bonchev–Trinajstić information content (AvgIpc) is 2.53. The SMILES string of the molecule is CCSc1nnc(S[C@H](C)C(N)=O)s1. The van der Waals surface area contributed by atoms with Crippen molar-refractivity contribution in [2.45, 2.75) is 27.8 Å². The van der Waals surface area contributed by atoms with Gasteiger partial charge in [-0.1, -0.05) is 41.8 Å². The largest absolute Gasteiger partial charge is 0.369 e. The van der Waals surface area contributed by atoms with Crippen molar-refractivity contribution in [1.82, 2.24) is 10.2 Å². The first-order chi connectivity index (χ1) is 6.63. The second-order valence-electron chi connectivity index (χ2n) is 2.43. The van der Waals surface area contributed by atoms with Crippen molar-refractivity contribution in [1.29, 1.82) is 0 Å². The van der Waals surface area contributed by atoms with E-state index in [2.05, 4.69) is 17.1 Å². The first-order valence-electron chi connectivity index (χ1n) is 4.05. The first kappa shape index (κ1) is 11.8. The molecule has 0 aromatic carbocycles. The van der Waals surface area contributed by atoms with Crippen molar-refractivity contribution < 1.29 is 4.79 Å². The molecule has 1 aromatic rings. The molecular formula is C7H11N3OS3. The van der Waals surface area contributed by atoms with Crippen LogP contribution >= 0.6 is 34.9 Å². The van der Waals surface area contributed by atoms with Crippen LogP contribution in [-0.2, 0) is 4.79 Å². The Balaban J connectivity index is 2.55. The number of rotatable bonds is 5. The van der Waals surface area contributed by atoms with E-state index in [0.29, 0.717) is 0 Å². The normalized spacial score (nSPS) is 12.7. The fraction of sp³-hybridized carbons (Fsp3) is 0.571. The van der Waals surface area contributed by atoms with Gasteiger partial charge in [0.25, 0.3) is 0 Å². The molecule has 4 nitrogen and oxygen atoms in total. The van der Waals surface area contributed by atoms with Crippen LogP contribution in [0.15, 0.2) is 8.68 Å². The summed E-state index contributed by atoms with van der Waals surface area (Å²) in [4.78, 5) is 10.8. The van der Waals surface area contributed by atoms with Crippen molar-refractivity contribution in [3.63, 3.8) is 0 Å². The van der Waals surface area contributed by atoms with E-state index in [-0.39, 0.29) is 11.2 Å². The number of hydrogen-bond donors (Lipinski definition) is 1. The fourth-order valence-corrected chi connectivity index (χ4v) is 3.65. The lowest BCUT2D eigenvalue weighted by Gasteiger charge is -2.01. The molecule has 7 heteroatoms. The smallest absolute Gasteiger partial charge is 0.230 e. The molecule has 0 bridgehead atoms. The Kier molecular flexibility index (Phi) is 4.70. The maximum absolute atomic E-state index is 10.8. The molecule has 1 heterocycles. The van der Waals surface area contributed by atoms with Gasteiger partial charge in [0.2, 0.25) is 5.91 Å². The molecule has 0 aliphatic carbocycles. The van der Waals surface area contributed by atoms with Gasteiger partial charge in [0.05, 0.1) is 5.25 Å². The highest BCUT2D eigenvalue weighted by Crippen LogP contribution is 2.30. The quantitative estimate of drug-likeness (QED) is 0.803. The lowest BCUT2D eigenvalue weighted by Crippen LogP contribution is -2.22. The molecular weight excluding hydrogens is 238 g/mol. The van der Waals surface area contributed by atoms with Crippen molar-refractivity contribution in [3.05, 3.63) is 0 Å². The van der Waals surface area contributed by atoms with Crippen LogP contribution in [0.3, 0.4) is 0 Å². The summed E-state index contributed by atoms with van der Waals surface area (Å²) in [5.74, 6) is 0.653. The van der Waals surface area contributed by atoms with E-state index in [1.165, 1.54) is 23.1 Å². The lowest BCUT2D eigenvalue weighted by atomic mass is 10.5. The minimum atomic E-state index is -0.324. The molecule has 0 saturated heterocycles. The number of nitrogens with two attached hydrogens (primary N) is 1. The molecule has 1 amide bonds. The molecule has 78 valence electrons. The van der Waals surface area contributed by atoms with E-state index in [1.54, 1.807) is 18.7 Å². The Morgan fingerprint density at radius 2 is 2.21 bits per heavy atom. The number of primary amides is 1. The van der Waals surface area contributed by atoms with E-state index < -0.39 is 0 Å². The van der Waals surface area contributed by atoms with Crippen molar-refractivity contribution >= 4 is 40.8 Å². The van der Waals surface area contributed by atoms with Crippen molar-refractivity contribution in [2.24, 2.45) is 5.73 Å². The molecule has 0 aliphatic heterocycles. The van der Waals surface area contributed by atoms with Gasteiger partial charge < -0.3 is 5.73 Å². The molecule has 0 spiro atoms. The van der Waals surface area contributed by atoms with Gasteiger partial charge in [0.1, 0.15) is 0 Å². The van der Waals surface area contributed by atoms with Crippen LogP contribution < -0.4 is 5.73 Å². The number of amides is 1. The Labute approximate surface area is 95.1 Å². The second kappa shape index (κ2) is 5.57. The van der Waals surface area contributed by atoms with Gasteiger partial charge in [-0.25, -0.2) is 0 Å². The Morgan fingerprint density at radius 1 is 1.57 bits per heavy atom. The zero-order valence-electron chi connectivity index (χ0n) is 7.89. The third-order valence-corrected chi connectivity index (χ3v) is 4.48. The maximum atomic E-state index is 10.8. The number of thioether (sulfide) groups is 2. The summed E-state index contributed by atoms with van der Waals surface area (Å²) < 4.78 is 1.74. The van der Waals surface area contributed by atoms with E-state index in [1.807, 2.05) is 0 Å². The zero-order valence-corrected chi connectivity index (χ0v) is 10.3. The van der Waals surface area contributed by atoms with Gasteiger partial charge in [0.15, 0.2) is 8.68 Å². The standard InChI is InChI=1S/C7H11N3OS3/c1-3-12-6-9-10-7(14-6)13-4(2)5(8)11/h4H,3H2,1-2H3,(H2,8,11)/t4-/m1/s1. The van der Waals surface area contributed by atoms with Crippen LogP contribution in [0.5, 0.6) is 0 Å². The van der Waals surface area contributed by atoms with Crippen LogP contribution in [-0.4, -0.2) is 27.1 Å². The fourth-order valence-electron chi connectivity index (χ4n) is 0.636. The predicted molar refractivity (Wildman–Crippen MR) is 60.8 cm³/mol. The summed E-state index contributed by atoms with van der Waals surface area (Å²) in [6.07, 6.45) is 0. The monoisotopic (exact) mass is 249 g/mol. The first-order valence-corrected chi connectivity index (χ1v) is 6.74. The minimum absolute atomic E-state index is 0.248. The number of carbonyl (C=O) groups is 1. The van der Waals surface area contributed by atoms with E-state index in [4.69, 9.17) is 5.73 Å². The number of aromatic nitrogens is 2. The van der Waals surface area contributed by atoms with Crippen LogP contribution in [0.2, 0.25) is 0 Å². The summed E-state index contributed by atoms with van der Waals surface area (Å²) in [5, 5.41) is 7.69. The van der Waals surface area contributed by atoms with Crippen LogP contribution in [0.25, 0.3) is 0 Å². The van der Waals surface area contributed by atoms with Crippen LogP contribution in [0.1, 0.15) is 13.8 Å². The molecule has 1 aromatic heterocycles. The van der Waals surface area contributed by atoms with Gasteiger partial charge in [-0.15, -0.1) is 10.2 Å². The Bertz CT molecular complexity index is 315. The van der Waals surface area contributed by atoms with Gasteiger partial charge in [0, 0.05) is 0 Å². The summed E-state index contributed by atoms with van der Waals surface area (Å²) in [5.41, 5.74) is 5.14. The number of carbonyl (C=O) groups excluding carboxylic acids is 1. The molecule has 14 heavy (non-hydrogen) atoms. The van der Waals surface area contributed by atoms with Crippen molar-refractivity contribution in [2.75, 3.05) is 5.75 Å². The highest BCUT2D eigenvalue weighted by molar-refractivity contribution is 8.03. The predicted octanol–water partition coefficient (Wildman–Crippen LogP) is 1.62. The number of nitrogens with zero attached hydrogens (tertiary/aromatic N) is 2. The highest BCUT2D eigenvalue weighted by atomic mass is 32.2. The van der Waals surface area contributed by atoms with Crippen LogP contribution in [0, 0.1) is 0 Å². The lowest BCUT2D eigenvalue weighted by molar-refractivity contribution is -0.117. The van der Waals surface area contributed by atoms with E-state index >= 15 is 0 Å². The topological polar surface area (TPSA) is 68.9 Å². The summed E-state index contributed by atoms with van der Waals surface area (Å²) in [7, 11) is 0. The van der Waals surface area contributed by atoms with E-state index in [9.17, 15) is 4.79 Å². The summed E-state index contributed by atoms with van der Waals surface area (Å²) in [6, 6.07) is 0. The van der Waals surface area contributed by atoms with Gasteiger partial charge in [-0.2, -0.15) is 0 Å². The Morgan fingerprint density at radius 3 is 2.79 bits per heavy atom. The molecule has 0 unspecified atom stereocenters. The van der Waals surface area contributed by atoms with Gasteiger partial charge in [-0.3, -0.25) is 4.79 Å². The van der Waals surface area contributed by atoms with Crippen LogP contribution in [0.4, 0.5) is 0 Å². The number of hydrogen-bond acceptors (Lipinski definition) is 6. The second-order valence-corrected chi connectivity index (χ2v) is 6.51. The maximum Gasteiger partial charge on any atom is 0.230 e. The molecule has 0 fully saturated rings. The summed E-state index contributed by atoms with van der Waals surface area (Å²) >= 11 is 4.50. The Hall–Kier alpha value is -0.270. The van der Waals surface area contributed by atoms with E-state index in [0.717, 1.165) is 14.4 Å². The highest BCUT2D eigenvalue weighted by Gasteiger charge is 2.13. The average molecular weight is 249 g/mol. The molecule has 1 rings (SSSR count). The van der Waals surface area contributed by atoms with Crippen molar-refractivity contribution in [3.8, 4) is 0 Å². The third kappa shape index (κ3) is 3.47. The third-order valence-electron chi connectivity index (χ3n) is 1.33. The molecule has 0 radical (unpaired) electrons. The molecule has 1 atom stereocenters. The molecule has 0 saturated carbocycles. The van der Waals surface area contributed by atoms with Gasteiger partial charge in [-0.05, 0) is 12.7 Å². The van der Waals surface area contributed by atoms with Gasteiger partial charge >= 0.3 is 0 Å². The summed E-state index contributed by atoms with van der Waals surface area (Å²) in [6.45, 7) is 3.83. The molecule has 2 N–H and O–H groups in total. The zero-order chi connectivity index (χ0) is 10.6. The minimum Gasteiger partial charge on any atom is -0.369 e. The molecule has 0 aliphatic rings.